The fraction of sp³-hybridized carbons (Fsp3) is 0.182. The minimum Gasteiger partial charge on any atom is -0.467 e. The monoisotopic (exact) mass is 447 g/mol. The van der Waals surface area contributed by atoms with Crippen molar-refractivity contribution in [3.05, 3.63) is 80.4 Å². The van der Waals surface area contributed by atoms with Gasteiger partial charge in [0.1, 0.15) is 24.2 Å². The van der Waals surface area contributed by atoms with Gasteiger partial charge in [-0.15, -0.1) is 0 Å². The van der Waals surface area contributed by atoms with Gasteiger partial charge in [0.05, 0.1) is 34.4 Å². The molecule has 0 spiro atoms. The van der Waals surface area contributed by atoms with Gasteiger partial charge in [-0.05, 0) is 37.6 Å². The molecule has 4 rings (SSSR count). The van der Waals surface area contributed by atoms with Crippen LogP contribution in [0.15, 0.2) is 41.0 Å². The first-order valence-corrected chi connectivity index (χ1v) is 9.79. The molecule has 11 nitrogen and oxygen atoms in total. The second-order valence-corrected chi connectivity index (χ2v) is 7.44. The SMILES string of the molecule is Cc1c(C#N)c(NC(=O)CN2C(=O)c3ccc([N+](=O)[O-])cc3C2=O)n(Cc2ccco2)c1C. The molecule has 1 N–H and O–H groups in total. The van der Waals surface area contributed by atoms with Crippen LogP contribution in [0, 0.1) is 35.3 Å². The molecule has 11 heteroatoms. The summed E-state index contributed by atoms with van der Waals surface area (Å²) < 4.78 is 7.08. The number of benzene rings is 1. The van der Waals surface area contributed by atoms with Gasteiger partial charge in [-0.25, -0.2) is 0 Å². The van der Waals surface area contributed by atoms with E-state index in [1.807, 2.05) is 0 Å². The summed E-state index contributed by atoms with van der Waals surface area (Å²) in [5.74, 6) is -1.39. The quantitative estimate of drug-likeness (QED) is 0.346. The number of hydrogen-bond donors (Lipinski definition) is 1. The fourth-order valence-electron chi connectivity index (χ4n) is 3.74. The van der Waals surface area contributed by atoms with E-state index >= 15 is 0 Å². The molecule has 3 amide bonds. The van der Waals surface area contributed by atoms with Crippen LogP contribution in [0.25, 0.3) is 0 Å². The number of nitro groups is 1. The topological polar surface area (TPSA) is 151 Å². The number of furan rings is 1. The number of nitriles is 1. The summed E-state index contributed by atoms with van der Waals surface area (Å²) in [6.07, 6.45) is 1.51. The summed E-state index contributed by atoms with van der Waals surface area (Å²) in [6.45, 7) is 3.19. The number of imide groups is 1. The Labute approximate surface area is 187 Å². The van der Waals surface area contributed by atoms with Gasteiger partial charge in [0.25, 0.3) is 17.5 Å². The molecule has 0 unspecified atom stereocenters. The molecule has 166 valence electrons. The van der Waals surface area contributed by atoms with Crippen LogP contribution < -0.4 is 5.32 Å². The Morgan fingerprint density at radius 3 is 2.58 bits per heavy atom. The Morgan fingerprint density at radius 2 is 1.94 bits per heavy atom. The van der Waals surface area contributed by atoms with E-state index in [4.69, 9.17) is 4.42 Å². The molecule has 1 aromatic carbocycles. The minimum absolute atomic E-state index is 0.0102. The normalized spacial score (nSPS) is 12.6. The van der Waals surface area contributed by atoms with Crippen molar-refractivity contribution in [2.24, 2.45) is 0 Å². The van der Waals surface area contributed by atoms with E-state index in [0.717, 1.165) is 22.7 Å². The summed E-state index contributed by atoms with van der Waals surface area (Å²) in [7, 11) is 0. The number of anilines is 1. The first kappa shape index (κ1) is 21.5. The lowest BCUT2D eigenvalue weighted by atomic mass is 10.1. The van der Waals surface area contributed by atoms with Gasteiger partial charge in [-0.2, -0.15) is 5.26 Å². The second-order valence-electron chi connectivity index (χ2n) is 7.44. The number of non-ortho nitro benzene ring substituents is 1. The zero-order valence-corrected chi connectivity index (χ0v) is 17.6. The van der Waals surface area contributed by atoms with Crippen molar-refractivity contribution >= 4 is 29.2 Å². The third-order valence-electron chi connectivity index (χ3n) is 5.56. The maximum Gasteiger partial charge on any atom is 0.270 e. The number of amides is 3. The van der Waals surface area contributed by atoms with Gasteiger partial charge in [-0.3, -0.25) is 29.4 Å². The lowest BCUT2D eigenvalue weighted by Gasteiger charge is -2.15. The number of aromatic nitrogens is 1. The van der Waals surface area contributed by atoms with Gasteiger partial charge in [-0.1, -0.05) is 0 Å². The zero-order chi connectivity index (χ0) is 23.9. The molecule has 3 aromatic rings. The number of nitrogens with zero attached hydrogens (tertiary/aromatic N) is 4. The number of fused-ring (bicyclic) bond motifs is 1. The van der Waals surface area contributed by atoms with Crippen LogP contribution >= 0.6 is 0 Å². The lowest BCUT2D eigenvalue weighted by Crippen LogP contribution is -2.37. The first-order valence-electron chi connectivity index (χ1n) is 9.79. The van der Waals surface area contributed by atoms with Crippen LogP contribution in [-0.4, -0.2) is 38.7 Å². The predicted octanol–water partition coefficient (Wildman–Crippen LogP) is 2.76. The van der Waals surface area contributed by atoms with Gasteiger partial charge in [0, 0.05) is 17.8 Å². The van der Waals surface area contributed by atoms with Gasteiger partial charge in [0.15, 0.2) is 0 Å². The number of nitrogens with one attached hydrogen (secondary N) is 1. The highest BCUT2D eigenvalue weighted by molar-refractivity contribution is 6.23. The average molecular weight is 447 g/mol. The molecular weight excluding hydrogens is 430 g/mol. The van der Waals surface area contributed by atoms with E-state index < -0.39 is 29.2 Å². The molecule has 1 aliphatic heterocycles. The summed E-state index contributed by atoms with van der Waals surface area (Å²) in [5, 5.41) is 23.2. The second kappa shape index (κ2) is 8.08. The van der Waals surface area contributed by atoms with Crippen LogP contribution in [-0.2, 0) is 11.3 Å². The molecule has 2 aromatic heterocycles. The van der Waals surface area contributed by atoms with E-state index in [9.17, 15) is 29.8 Å². The number of nitro benzene ring substituents is 1. The van der Waals surface area contributed by atoms with Crippen molar-refractivity contribution in [3.63, 3.8) is 0 Å². The number of carbonyl (C=O) groups is 3. The fourth-order valence-corrected chi connectivity index (χ4v) is 3.74. The van der Waals surface area contributed by atoms with Crippen LogP contribution in [0.1, 0.15) is 43.3 Å². The first-order chi connectivity index (χ1) is 15.7. The molecule has 1 aliphatic rings. The Kier molecular flexibility index (Phi) is 5.27. The Balaban J connectivity index is 1.59. The van der Waals surface area contributed by atoms with E-state index in [1.54, 1.807) is 30.5 Å². The van der Waals surface area contributed by atoms with Crippen molar-refractivity contribution in [2.75, 3.05) is 11.9 Å². The van der Waals surface area contributed by atoms with Gasteiger partial charge < -0.3 is 14.3 Å². The van der Waals surface area contributed by atoms with E-state index in [-0.39, 0.29) is 34.7 Å². The third kappa shape index (κ3) is 3.63. The van der Waals surface area contributed by atoms with Crippen LogP contribution in [0.3, 0.4) is 0 Å². The molecule has 0 aliphatic carbocycles. The largest absolute Gasteiger partial charge is 0.467 e. The molecule has 3 heterocycles. The molecule has 0 radical (unpaired) electrons. The Hall–Kier alpha value is -4.72. The zero-order valence-electron chi connectivity index (χ0n) is 17.6. The standard InChI is InChI=1S/C22H17N5O6/c1-12-13(2)25(10-15-4-3-7-33-15)20(18(12)9-23)24-19(28)11-26-21(29)16-6-5-14(27(31)32)8-17(16)22(26)30/h3-8H,10-11H2,1-2H3,(H,24,28). The molecule has 0 atom stereocenters. The maximum atomic E-state index is 12.8. The van der Waals surface area contributed by atoms with E-state index in [0.29, 0.717) is 11.3 Å². The summed E-state index contributed by atoms with van der Waals surface area (Å²) in [5.41, 5.74) is 1.20. The van der Waals surface area contributed by atoms with Crippen molar-refractivity contribution < 1.29 is 23.7 Å². The highest BCUT2D eigenvalue weighted by Crippen LogP contribution is 2.29. The smallest absolute Gasteiger partial charge is 0.270 e. The predicted molar refractivity (Wildman–Crippen MR) is 114 cm³/mol. The Bertz CT molecular complexity index is 1360. The number of rotatable bonds is 6. The van der Waals surface area contributed by atoms with Crippen molar-refractivity contribution in [2.45, 2.75) is 20.4 Å². The van der Waals surface area contributed by atoms with E-state index in [1.165, 1.54) is 12.3 Å². The number of carbonyl (C=O) groups excluding carboxylic acids is 3. The molecule has 33 heavy (non-hydrogen) atoms. The van der Waals surface area contributed by atoms with E-state index in [2.05, 4.69) is 11.4 Å². The molecular formula is C22H17N5O6. The molecule has 0 fully saturated rings. The minimum atomic E-state index is -0.798. The van der Waals surface area contributed by atoms with Crippen molar-refractivity contribution in [1.82, 2.24) is 9.47 Å². The Morgan fingerprint density at radius 1 is 1.21 bits per heavy atom. The highest BCUT2D eigenvalue weighted by Gasteiger charge is 2.38. The van der Waals surface area contributed by atoms with Crippen LogP contribution in [0.5, 0.6) is 0 Å². The summed E-state index contributed by atoms with van der Waals surface area (Å²) in [6, 6.07) is 8.88. The van der Waals surface area contributed by atoms with Crippen molar-refractivity contribution in [3.8, 4) is 6.07 Å². The van der Waals surface area contributed by atoms with Crippen LogP contribution in [0.2, 0.25) is 0 Å². The summed E-state index contributed by atoms with van der Waals surface area (Å²) >= 11 is 0. The van der Waals surface area contributed by atoms with Gasteiger partial charge in [0.2, 0.25) is 5.91 Å². The maximum absolute atomic E-state index is 12.8. The van der Waals surface area contributed by atoms with Crippen molar-refractivity contribution in [1.29, 1.82) is 5.26 Å². The molecule has 0 bridgehead atoms. The third-order valence-corrected chi connectivity index (χ3v) is 5.56. The lowest BCUT2D eigenvalue weighted by molar-refractivity contribution is -0.384. The van der Waals surface area contributed by atoms with Crippen LogP contribution in [0.4, 0.5) is 11.5 Å². The highest BCUT2D eigenvalue weighted by atomic mass is 16.6. The average Bonchev–Trinajstić information content (AvgIpc) is 3.44. The summed E-state index contributed by atoms with van der Waals surface area (Å²) in [4.78, 5) is 49.1. The molecule has 0 saturated heterocycles. The van der Waals surface area contributed by atoms with Gasteiger partial charge >= 0.3 is 0 Å². The number of hydrogen-bond acceptors (Lipinski definition) is 7. The molecule has 0 saturated carbocycles.